The zero-order valence-corrected chi connectivity index (χ0v) is 10.1. The van der Waals surface area contributed by atoms with Gasteiger partial charge in [0.25, 0.3) is 0 Å². The molecular formula is C14H20FN. The normalized spacial score (nSPS) is 24.1. The van der Waals surface area contributed by atoms with Gasteiger partial charge in [0.2, 0.25) is 0 Å². The Hall–Kier alpha value is -1.05. The van der Waals surface area contributed by atoms with Gasteiger partial charge in [-0.25, -0.2) is 4.39 Å². The number of hydrogen-bond acceptors (Lipinski definition) is 1. The summed E-state index contributed by atoms with van der Waals surface area (Å²) in [6.45, 7) is 4.62. The molecule has 1 aromatic carbocycles. The van der Waals surface area contributed by atoms with Gasteiger partial charge in [-0.2, -0.15) is 0 Å². The van der Waals surface area contributed by atoms with Gasteiger partial charge in [0.15, 0.2) is 0 Å². The first-order valence-electron chi connectivity index (χ1n) is 6.07. The SMILES string of the molecule is CC1(C)CCCC(Nc2cccc(F)c2)C1. The van der Waals surface area contributed by atoms with Gasteiger partial charge >= 0.3 is 0 Å². The Kier molecular flexibility index (Phi) is 3.17. The molecule has 0 bridgehead atoms. The van der Waals surface area contributed by atoms with Crippen molar-refractivity contribution in [3.63, 3.8) is 0 Å². The van der Waals surface area contributed by atoms with Gasteiger partial charge in [0.1, 0.15) is 5.82 Å². The summed E-state index contributed by atoms with van der Waals surface area (Å²) in [7, 11) is 0. The second-order valence-electron chi connectivity index (χ2n) is 5.61. The smallest absolute Gasteiger partial charge is 0.125 e. The quantitative estimate of drug-likeness (QED) is 0.789. The van der Waals surface area contributed by atoms with E-state index in [9.17, 15) is 4.39 Å². The zero-order valence-electron chi connectivity index (χ0n) is 10.1. The topological polar surface area (TPSA) is 12.0 Å². The predicted molar refractivity (Wildman–Crippen MR) is 66.1 cm³/mol. The largest absolute Gasteiger partial charge is 0.382 e. The molecule has 1 unspecified atom stereocenters. The van der Waals surface area contributed by atoms with Crippen LogP contribution >= 0.6 is 0 Å². The van der Waals surface area contributed by atoms with Crippen molar-refractivity contribution >= 4 is 5.69 Å². The van der Waals surface area contributed by atoms with Crippen molar-refractivity contribution in [3.05, 3.63) is 30.1 Å². The Labute approximate surface area is 97.1 Å². The molecule has 1 N–H and O–H groups in total. The molecule has 0 amide bonds. The minimum Gasteiger partial charge on any atom is -0.382 e. The molecule has 16 heavy (non-hydrogen) atoms. The van der Waals surface area contributed by atoms with Crippen molar-refractivity contribution < 1.29 is 4.39 Å². The summed E-state index contributed by atoms with van der Waals surface area (Å²) in [6, 6.07) is 7.24. The van der Waals surface area contributed by atoms with E-state index in [1.807, 2.05) is 6.07 Å². The van der Waals surface area contributed by atoms with E-state index >= 15 is 0 Å². The van der Waals surface area contributed by atoms with Crippen molar-refractivity contribution in [1.29, 1.82) is 0 Å². The number of nitrogens with one attached hydrogen (secondary N) is 1. The molecule has 1 atom stereocenters. The highest BCUT2D eigenvalue weighted by Crippen LogP contribution is 2.36. The van der Waals surface area contributed by atoms with Gasteiger partial charge in [-0.05, 0) is 42.9 Å². The fourth-order valence-electron chi connectivity index (χ4n) is 2.64. The molecule has 0 aromatic heterocycles. The van der Waals surface area contributed by atoms with E-state index in [0.717, 1.165) is 5.69 Å². The number of hydrogen-bond donors (Lipinski definition) is 1. The number of anilines is 1. The Morgan fingerprint density at radius 1 is 1.38 bits per heavy atom. The molecule has 2 rings (SSSR count). The van der Waals surface area contributed by atoms with Gasteiger partial charge in [-0.3, -0.25) is 0 Å². The Balaban J connectivity index is 1.99. The van der Waals surface area contributed by atoms with Crippen molar-refractivity contribution in [2.24, 2.45) is 5.41 Å². The van der Waals surface area contributed by atoms with Crippen LogP contribution in [0.4, 0.5) is 10.1 Å². The first-order chi connectivity index (χ1) is 7.55. The van der Waals surface area contributed by atoms with Crippen LogP contribution in [-0.4, -0.2) is 6.04 Å². The van der Waals surface area contributed by atoms with E-state index in [4.69, 9.17) is 0 Å². The lowest BCUT2D eigenvalue weighted by atomic mass is 9.75. The highest BCUT2D eigenvalue weighted by Gasteiger charge is 2.27. The second-order valence-corrected chi connectivity index (χ2v) is 5.61. The first kappa shape index (κ1) is 11.4. The van der Waals surface area contributed by atoms with Gasteiger partial charge in [-0.1, -0.05) is 26.3 Å². The van der Waals surface area contributed by atoms with Crippen molar-refractivity contribution in [1.82, 2.24) is 0 Å². The van der Waals surface area contributed by atoms with Crippen LogP contribution < -0.4 is 5.32 Å². The third-order valence-electron chi connectivity index (χ3n) is 3.40. The summed E-state index contributed by atoms with van der Waals surface area (Å²) in [4.78, 5) is 0. The lowest BCUT2D eigenvalue weighted by Gasteiger charge is -2.36. The summed E-state index contributed by atoms with van der Waals surface area (Å²) >= 11 is 0. The predicted octanol–water partition coefficient (Wildman–Crippen LogP) is 4.21. The minimum absolute atomic E-state index is 0.167. The van der Waals surface area contributed by atoms with Crippen LogP contribution in [0.2, 0.25) is 0 Å². The molecule has 1 aromatic rings. The lowest BCUT2D eigenvalue weighted by molar-refractivity contribution is 0.229. The van der Waals surface area contributed by atoms with Gasteiger partial charge in [0.05, 0.1) is 0 Å². The van der Waals surface area contributed by atoms with Crippen LogP contribution in [0.1, 0.15) is 39.5 Å². The maximum Gasteiger partial charge on any atom is 0.125 e. The van der Waals surface area contributed by atoms with E-state index in [-0.39, 0.29) is 5.82 Å². The Bertz CT molecular complexity index is 360. The fourth-order valence-corrected chi connectivity index (χ4v) is 2.64. The molecule has 88 valence electrons. The van der Waals surface area contributed by atoms with Gasteiger partial charge in [-0.15, -0.1) is 0 Å². The zero-order chi connectivity index (χ0) is 11.6. The highest BCUT2D eigenvalue weighted by atomic mass is 19.1. The summed E-state index contributed by atoms with van der Waals surface area (Å²) in [6.07, 6.45) is 4.93. The minimum atomic E-state index is -0.167. The van der Waals surface area contributed by atoms with E-state index in [0.29, 0.717) is 11.5 Å². The van der Waals surface area contributed by atoms with E-state index in [1.165, 1.54) is 31.7 Å². The second kappa shape index (κ2) is 4.44. The van der Waals surface area contributed by atoms with Crippen LogP contribution in [0.3, 0.4) is 0 Å². The maximum atomic E-state index is 13.0. The molecule has 1 fully saturated rings. The lowest BCUT2D eigenvalue weighted by Crippen LogP contribution is -2.31. The molecule has 1 saturated carbocycles. The van der Waals surface area contributed by atoms with Gasteiger partial charge in [0, 0.05) is 11.7 Å². The third kappa shape index (κ3) is 2.97. The van der Waals surface area contributed by atoms with Crippen molar-refractivity contribution in [2.45, 2.75) is 45.6 Å². The first-order valence-corrected chi connectivity index (χ1v) is 6.07. The fraction of sp³-hybridized carbons (Fsp3) is 0.571. The van der Waals surface area contributed by atoms with E-state index in [1.54, 1.807) is 12.1 Å². The number of benzene rings is 1. The van der Waals surface area contributed by atoms with Crippen LogP contribution in [-0.2, 0) is 0 Å². The molecule has 0 saturated heterocycles. The number of rotatable bonds is 2. The van der Waals surface area contributed by atoms with Crippen LogP contribution in [0.15, 0.2) is 24.3 Å². The highest BCUT2D eigenvalue weighted by molar-refractivity contribution is 5.44. The molecule has 0 spiro atoms. The molecule has 0 radical (unpaired) electrons. The van der Waals surface area contributed by atoms with Crippen LogP contribution in [0.5, 0.6) is 0 Å². The van der Waals surface area contributed by atoms with Crippen molar-refractivity contribution in [3.8, 4) is 0 Å². The summed E-state index contributed by atoms with van der Waals surface area (Å²) in [5.41, 5.74) is 1.33. The standard InChI is InChI=1S/C14H20FN/c1-14(2)8-4-7-13(10-14)16-12-6-3-5-11(15)9-12/h3,5-6,9,13,16H,4,7-8,10H2,1-2H3. The van der Waals surface area contributed by atoms with E-state index in [2.05, 4.69) is 19.2 Å². The average Bonchev–Trinajstić information content (AvgIpc) is 2.15. The van der Waals surface area contributed by atoms with E-state index < -0.39 is 0 Å². The molecule has 2 heteroatoms. The molecule has 0 aliphatic heterocycles. The molecule has 0 heterocycles. The third-order valence-corrected chi connectivity index (χ3v) is 3.40. The number of halogens is 1. The average molecular weight is 221 g/mol. The molecule has 1 nitrogen and oxygen atoms in total. The Morgan fingerprint density at radius 3 is 2.88 bits per heavy atom. The van der Waals surface area contributed by atoms with Crippen molar-refractivity contribution in [2.75, 3.05) is 5.32 Å². The molecule has 1 aliphatic carbocycles. The van der Waals surface area contributed by atoms with Crippen LogP contribution in [0, 0.1) is 11.2 Å². The summed E-state index contributed by atoms with van der Waals surface area (Å²) < 4.78 is 13.0. The molecule has 1 aliphatic rings. The summed E-state index contributed by atoms with van der Waals surface area (Å²) in [5.74, 6) is -0.167. The maximum absolute atomic E-state index is 13.0. The summed E-state index contributed by atoms with van der Waals surface area (Å²) in [5, 5.41) is 3.44. The molecular weight excluding hydrogens is 201 g/mol. The Morgan fingerprint density at radius 2 is 2.19 bits per heavy atom. The monoisotopic (exact) mass is 221 g/mol. The van der Waals surface area contributed by atoms with Crippen LogP contribution in [0.25, 0.3) is 0 Å². The van der Waals surface area contributed by atoms with Gasteiger partial charge < -0.3 is 5.32 Å².